The number of hydrogen-bond acceptors (Lipinski definition) is 11. The third kappa shape index (κ3) is 8.20. The minimum atomic E-state index is -3.76. The molecule has 0 unspecified atom stereocenters. The highest BCUT2D eigenvalue weighted by molar-refractivity contribution is 7.91. The molecule has 0 aliphatic heterocycles. The van der Waals surface area contributed by atoms with E-state index in [1.165, 1.54) is 38.4 Å². The second-order valence-electron chi connectivity index (χ2n) is 12.4. The number of nitrogens with zero attached hydrogens (tertiary/aromatic N) is 2. The topological polar surface area (TPSA) is 234 Å². The lowest BCUT2D eigenvalue weighted by Gasteiger charge is -2.14. The van der Waals surface area contributed by atoms with E-state index < -0.39 is 31.7 Å². The van der Waals surface area contributed by atoms with Crippen LogP contribution in [0.15, 0.2) is 91.2 Å². The van der Waals surface area contributed by atoms with Crippen LogP contribution in [-0.2, 0) is 33.3 Å². The first kappa shape index (κ1) is 38.2. The van der Waals surface area contributed by atoms with Gasteiger partial charge in [0.25, 0.3) is 20.4 Å². The number of rotatable bonds is 12. The Morgan fingerprint density at radius 1 is 0.636 bits per heavy atom. The first-order valence-electron chi connectivity index (χ1n) is 16.4. The maximum absolute atomic E-state index is 13.3. The molecule has 0 saturated carbocycles. The third-order valence-corrected chi connectivity index (χ3v) is 11.0. The normalized spacial score (nSPS) is 11.6. The number of fused-ring (bicyclic) bond motifs is 2. The van der Waals surface area contributed by atoms with Crippen molar-refractivity contribution < 1.29 is 30.4 Å². The molecular formula is C38H32N6O9S2. The van der Waals surface area contributed by atoms with Gasteiger partial charge in [0.1, 0.15) is 34.8 Å². The summed E-state index contributed by atoms with van der Waals surface area (Å²) in [5.41, 5.74) is 2.60. The number of nitrogens with one attached hydrogen (secondary N) is 4. The Morgan fingerprint density at radius 3 is 1.40 bits per heavy atom. The monoisotopic (exact) mass is 780 g/mol. The lowest BCUT2D eigenvalue weighted by atomic mass is 9.98. The molecule has 2 heterocycles. The molecular weight excluding hydrogens is 749 g/mol. The predicted octanol–water partition coefficient (Wildman–Crippen LogP) is 4.99. The number of aryl methyl sites for hydroxylation is 2. The van der Waals surface area contributed by atoms with Gasteiger partial charge in [-0.05, 0) is 72.5 Å². The lowest BCUT2D eigenvalue weighted by Crippen LogP contribution is -2.26. The molecule has 2 aromatic heterocycles. The number of nitriles is 2. The van der Waals surface area contributed by atoms with Crippen molar-refractivity contribution in [2.45, 2.75) is 26.7 Å². The van der Waals surface area contributed by atoms with Gasteiger partial charge >= 0.3 is 11.3 Å². The van der Waals surface area contributed by atoms with Crippen LogP contribution in [0, 0.1) is 36.5 Å². The summed E-state index contributed by atoms with van der Waals surface area (Å²) >= 11 is 0. The second kappa shape index (κ2) is 15.1. The van der Waals surface area contributed by atoms with Crippen LogP contribution in [0.5, 0.6) is 11.5 Å². The molecule has 17 heteroatoms. The average Bonchev–Trinajstić information content (AvgIpc) is 3.14. The molecule has 0 aliphatic carbocycles. The average molecular weight is 781 g/mol. The molecule has 0 bridgehead atoms. The van der Waals surface area contributed by atoms with E-state index in [1.807, 2.05) is 0 Å². The second-order valence-corrected chi connectivity index (χ2v) is 15.6. The minimum Gasteiger partial charge on any atom is -0.454 e. The van der Waals surface area contributed by atoms with E-state index in [4.69, 9.17) is 13.6 Å². The summed E-state index contributed by atoms with van der Waals surface area (Å²) in [5, 5.41) is 21.1. The largest absolute Gasteiger partial charge is 0.454 e. The van der Waals surface area contributed by atoms with Crippen molar-refractivity contribution in [2.75, 3.05) is 23.5 Å². The molecule has 0 saturated heterocycles. The van der Waals surface area contributed by atoms with Gasteiger partial charge < -0.3 is 13.6 Å². The van der Waals surface area contributed by atoms with Crippen molar-refractivity contribution in [1.29, 1.82) is 10.5 Å². The molecule has 4 N–H and O–H groups in total. The van der Waals surface area contributed by atoms with Crippen molar-refractivity contribution >= 4 is 53.7 Å². The van der Waals surface area contributed by atoms with E-state index in [9.17, 15) is 36.9 Å². The van der Waals surface area contributed by atoms with E-state index in [-0.39, 0.29) is 46.6 Å². The molecule has 0 amide bonds. The zero-order valence-corrected chi connectivity index (χ0v) is 31.4. The van der Waals surface area contributed by atoms with Gasteiger partial charge in [0.15, 0.2) is 0 Å². The highest BCUT2D eigenvalue weighted by Crippen LogP contribution is 2.36. The van der Waals surface area contributed by atoms with Crippen LogP contribution in [0.3, 0.4) is 0 Å². The molecule has 0 atom stereocenters. The van der Waals surface area contributed by atoms with Crippen LogP contribution in [0.4, 0.5) is 11.4 Å². The van der Waals surface area contributed by atoms with Crippen molar-refractivity contribution in [2.24, 2.45) is 0 Å². The number of anilines is 2. The Labute approximate surface area is 315 Å². The van der Waals surface area contributed by atoms with Gasteiger partial charge in [-0.3, -0.25) is 9.44 Å². The van der Waals surface area contributed by atoms with Gasteiger partial charge in [-0.1, -0.05) is 24.3 Å². The molecule has 0 aliphatic rings. The summed E-state index contributed by atoms with van der Waals surface area (Å²) in [5.74, 6) is -0.0368. The van der Waals surface area contributed by atoms with E-state index in [1.54, 1.807) is 62.4 Å². The molecule has 6 rings (SSSR count). The van der Waals surface area contributed by atoms with Gasteiger partial charge in [-0.25, -0.2) is 19.0 Å². The Bertz CT molecular complexity index is 2760. The van der Waals surface area contributed by atoms with Crippen LogP contribution in [0.1, 0.15) is 44.5 Å². The highest BCUT2D eigenvalue weighted by atomic mass is 32.2. The lowest BCUT2D eigenvalue weighted by molar-refractivity contribution is 0.474. The van der Waals surface area contributed by atoms with Crippen LogP contribution < -0.4 is 34.9 Å². The van der Waals surface area contributed by atoms with Gasteiger partial charge in [0.05, 0.1) is 22.5 Å². The maximum Gasteiger partial charge on any atom is 0.340 e. The fraction of sp³-hybridized carbons (Fsp3) is 0.158. The molecule has 280 valence electrons. The Hall–Kier alpha value is -6.50. The summed E-state index contributed by atoms with van der Waals surface area (Å²) in [4.78, 5) is 26.5. The Balaban J connectivity index is 1.33. The number of benzene rings is 4. The predicted molar refractivity (Wildman–Crippen MR) is 206 cm³/mol. The van der Waals surface area contributed by atoms with Crippen LogP contribution >= 0.6 is 0 Å². The van der Waals surface area contributed by atoms with Gasteiger partial charge in [0, 0.05) is 61.0 Å². The summed E-state index contributed by atoms with van der Waals surface area (Å²) in [6.45, 7) is 3.42. The van der Waals surface area contributed by atoms with Crippen molar-refractivity contribution in [3.8, 4) is 23.6 Å². The third-order valence-electron chi connectivity index (χ3n) is 8.89. The van der Waals surface area contributed by atoms with E-state index in [2.05, 4.69) is 31.0 Å². The van der Waals surface area contributed by atoms with Gasteiger partial charge in [-0.15, -0.1) is 0 Å². The van der Waals surface area contributed by atoms with E-state index in [0.717, 1.165) is 0 Å². The molecule has 6 aromatic rings. The SMILES string of the molecule is CNS(=O)(=O)Nc1cccc(Cc2c(C)c3cc(C#N)c(Oc4cc5oc(=O)c(Cc6cccc(NS(=O)(=O)NC)c6)c(C)c5cc4C#N)cc3oc2=O)c1. The molecule has 55 heavy (non-hydrogen) atoms. The molecule has 0 radical (unpaired) electrons. The molecule has 4 aromatic carbocycles. The van der Waals surface area contributed by atoms with Crippen molar-refractivity contribution in [3.63, 3.8) is 0 Å². The maximum atomic E-state index is 13.3. The summed E-state index contributed by atoms with van der Waals surface area (Å²) < 4.78 is 74.4. The van der Waals surface area contributed by atoms with Crippen LogP contribution in [0.2, 0.25) is 0 Å². The quantitative estimate of drug-likeness (QED) is 0.121. The minimum absolute atomic E-state index is 0.0184. The first-order valence-corrected chi connectivity index (χ1v) is 19.4. The molecule has 15 nitrogen and oxygen atoms in total. The number of ether oxygens (including phenoxy) is 1. The zero-order chi connectivity index (χ0) is 39.7. The van der Waals surface area contributed by atoms with Crippen LogP contribution in [0.25, 0.3) is 21.9 Å². The fourth-order valence-electron chi connectivity index (χ4n) is 6.01. The highest BCUT2D eigenvalue weighted by Gasteiger charge is 2.20. The van der Waals surface area contributed by atoms with Crippen molar-refractivity contribution in [1.82, 2.24) is 9.44 Å². The summed E-state index contributed by atoms with van der Waals surface area (Å²) in [6.07, 6.45) is 0.220. The van der Waals surface area contributed by atoms with Gasteiger partial charge in [-0.2, -0.15) is 27.4 Å². The summed E-state index contributed by atoms with van der Waals surface area (Å²) in [6, 6.07) is 23.0. The molecule has 0 spiro atoms. The van der Waals surface area contributed by atoms with E-state index in [0.29, 0.717) is 55.5 Å². The Morgan fingerprint density at radius 2 is 1.04 bits per heavy atom. The molecule has 0 fully saturated rings. The van der Waals surface area contributed by atoms with E-state index >= 15 is 0 Å². The van der Waals surface area contributed by atoms with Crippen LogP contribution in [-0.4, -0.2) is 30.9 Å². The Kier molecular flexibility index (Phi) is 10.5. The fourth-order valence-corrected chi connectivity index (χ4v) is 7.09. The van der Waals surface area contributed by atoms with Gasteiger partial charge in [0.2, 0.25) is 0 Å². The smallest absolute Gasteiger partial charge is 0.340 e. The standard InChI is InChI=1S/C38H32N6O9S2/c1-21-29-15-25(19-39)33(17-35(29)52-37(45)31(21)13-23-7-5-9-27(11-23)43-54(47,48)41-3)51-34-18-36-30(16-26(34)20-40)22(2)32(38(46)53-36)14-24-8-6-10-28(12-24)44-55(49,50)42-4/h5-12,15-18,41-44H,13-14H2,1-4H3. The number of hydrogen-bond donors (Lipinski definition) is 4. The van der Waals surface area contributed by atoms with Crippen molar-refractivity contribution in [3.05, 3.63) is 138 Å². The zero-order valence-electron chi connectivity index (χ0n) is 29.7. The summed E-state index contributed by atoms with van der Waals surface area (Å²) in [7, 11) is -4.97. The first-order chi connectivity index (χ1) is 26.1.